The number of oxime groups is 1. The van der Waals surface area contributed by atoms with Gasteiger partial charge in [0, 0.05) is 0 Å². The van der Waals surface area contributed by atoms with E-state index in [1.165, 1.54) is 0 Å². The molecule has 1 atom stereocenters. The summed E-state index contributed by atoms with van der Waals surface area (Å²) in [5.74, 6) is -1.46. The predicted octanol–water partition coefficient (Wildman–Crippen LogP) is 3.44. The maximum absolute atomic E-state index is 9.62. The molecule has 1 fully saturated rings. The van der Waals surface area contributed by atoms with E-state index < -0.39 is 9.76 Å². The standard InChI is InChI=1S/C6H10ClNO.C2HCl3O2/c7-5-3-1-2-4-6(5)8-9;3-2(4,5)1(6)7/h5,9H,1-4H2;(H,6,7)/b8-6-;. The van der Waals surface area contributed by atoms with Crippen molar-refractivity contribution < 1.29 is 15.1 Å². The van der Waals surface area contributed by atoms with Crippen LogP contribution in [0, 0.1) is 0 Å². The second-order valence-corrected chi connectivity index (χ2v) is 5.92. The summed E-state index contributed by atoms with van der Waals surface area (Å²) < 4.78 is -2.17. The smallest absolute Gasteiger partial charge is 0.356 e. The Bertz CT molecular complexity index is 264. The van der Waals surface area contributed by atoms with E-state index in [2.05, 4.69) is 5.16 Å². The molecule has 4 nitrogen and oxygen atoms in total. The van der Waals surface area contributed by atoms with Gasteiger partial charge in [-0.15, -0.1) is 11.6 Å². The van der Waals surface area contributed by atoms with Gasteiger partial charge in [0.05, 0.1) is 11.1 Å². The zero-order valence-electron chi connectivity index (χ0n) is 8.17. The number of hydrogen-bond donors (Lipinski definition) is 2. The van der Waals surface area contributed by atoms with Crippen LogP contribution >= 0.6 is 46.4 Å². The molecule has 0 amide bonds. The minimum absolute atomic E-state index is 0.0104. The van der Waals surface area contributed by atoms with Gasteiger partial charge in [-0.05, 0) is 19.3 Å². The maximum atomic E-state index is 9.62. The first-order valence-corrected chi connectivity index (χ1v) is 6.01. The molecule has 1 saturated carbocycles. The van der Waals surface area contributed by atoms with Crippen LogP contribution in [-0.2, 0) is 4.79 Å². The lowest BCUT2D eigenvalue weighted by atomic mass is 9.98. The summed E-state index contributed by atoms with van der Waals surface area (Å²) in [7, 11) is 0. The zero-order chi connectivity index (χ0) is 12.8. The minimum atomic E-state index is -2.17. The molecule has 0 aromatic rings. The third-order valence-corrected chi connectivity index (χ3v) is 2.83. The lowest BCUT2D eigenvalue weighted by molar-refractivity contribution is -0.135. The summed E-state index contributed by atoms with van der Waals surface area (Å²) in [6.07, 6.45) is 4.10. The molecule has 16 heavy (non-hydrogen) atoms. The number of nitrogens with zero attached hydrogens (tertiary/aromatic N) is 1. The first-order valence-electron chi connectivity index (χ1n) is 4.44. The molecule has 2 N–H and O–H groups in total. The molecular weight excluding hydrogens is 300 g/mol. The second-order valence-electron chi connectivity index (χ2n) is 3.11. The maximum Gasteiger partial charge on any atom is 0.356 e. The molecule has 1 rings (SSSR count). The number of aliphatic carboxylic acids is 1. The highest BCUT2D eigenvalue weighted by Gasteiger charge is 2.29. The van der Waals surface area contributed by atoms with E-state index in [4.69, 9.17) is 56.7 Å². The Labute approximate surface area is 113 Å². The van der Waals surface area contributed by atoms with Crippen molar-refractivity contribution in [3.05, 3.63) is 0 Å². The number of hydrogen-bond acceptors (Lipinski definition) is 3. The van der Waals surface area contributed by atoms with Gasteiger partial charge >= 0.3 is 5.97 Å². The van der Waals surface area contributed by atoms with Gasteiger partial charge in [0.15, 0.2) is 0 Å². The fourth-order valence-electron chi connectivity index (χ4n) is 1.07. The van der Waals surface area contributed by atoms with Gasteiger partial charge in [-0.1, -0.05) is 46.4 Å². The minimum Gasteiger partial charge on any atom is -0.478 e. The Morgan fingerprint density at radius 1 is 1.38 bits per heavy atom. The van der Waals surface area contributed by atoms with Gasteiger partial charge in [0.2, 0.25) is 0 Å². The van der Waals surface area contributed by atoms with Gasteiger partial charge in [0.25, 0.3) is 3.79 Å². The average Bonchev–Trinajstić information content (AvgIpc) is 2.18. The van der Waals surface area contributed by atoms with Crippen LogP contribution < -0.4 is 0 Å². The number of rotatable bonds is 0. The Morgan fingerprint density at radius 2 is 1.88 bits per heavy atom. The highest BCUT2D eigenvalue weighted by atomic mass is 35.6. The number of carboxylic acids is 1. The predicted molar refractivity (Wildman–Crippen MR) is 65.3 cm³/mol. The van der Waals surface area contributed by atoms with Crippen LogP contribution in [0.2, 0.25) is 0 Å². The van der Waals surface area contributed by atoms with Gasteiger partial charge < -0.3 is 10.3 Å². The summed E-state index contributed by atoms with van der Waals surface area (Å²) >= 11 is 20.2. The van der Waals surface area contributed by atoms with E-state index in [0.717, 1.165) is 31.4 Å². The van der Waals surface area contributed by atoms with Crippen LogP contribution in [0.25, 0.3) is 0 Å². The lowest BCUT2D eigenvalue weighted by Gasteiger charge is -2.15. The molecule has 1 aliphatic carbocycles. The third kappa shape index (κ3) is 6.63. The summed E-state index contributed by atoms with van der Waals surface area (Å²) in [6.45, 7) is 0. The van der Waals surface area contributed by atoms with Crippen LogP contribution in [0.4, 0.5) is 0 Å². The summed E-state index contributed by atoms with van der Waals surface area (Å²) in [4.78, 5) is 9.62. The number of alkyl halides is 4. The van der Waals surface area contributed by atoms with Crippen molar-refractivity contribution in [2.45, 2.75) is 34.9 Å². The topological polar surface area (TPSA) is 69.9 Å². The lowest BCUT2D eigenvalue weighted by Crippen LogP contribution is -2.18. The van der Waals surface area contributed by atoms with Crippen LogP contribution in [0.3, 0.4) is 0 Å². The molecular formula is C8H11Cl4NO3. The summed E-state index contributed by atoms with van der Waals surface area (Å²) in [6, 6.07) is 0. The molecule has 94 valence electrons. The van der Waals surface area contributed by atoms with Gasteiger partial charge in [-0.2, -0.15) is 0 Å². The van der Waals surface area contributed by atoms with Crippen molar-refractivity contribution in [2.24, 2.45) is 5.16 Å². The van der Waals surface area contributed by atoms with Crippen molar-refractivity contribution in [2.75, 3.05) is 0 Å². The SMILES string of the molecule is O/N=C1/CCCCC1Cl.O=C(O)C(Cl)(Cl)Cl. The average molecular weight is 311 g/mol. The van der Waals surface area contributed by atoms with Gasteiger partial charge in [-0.25, -0.2) is 4.79 Å². The van der Waals surface area contributed by atoms with Crippen molar-refractivity contribution >= 4 is 58.1 Å². The van der Waals surface area contributed by atoms with Gasteiger partial charge in [0.1, 0.15) is 0 Å². The van der Waals surface area contributed by atoms with Crippen LogP contribution in [0.5, 0.6) is 0 Å². The molecule has 1 aliphatic rings. The van der Waals surface area contributed by atoms with E-state index >= 15 is 0 Å². The number of carboxylic acid groups (broad SMARTS) is 1. The van der Waals surface area contributed by atoms with Crippen LogP contribution in [0.1, 0.15) is 25.7 Å². The molecule has 0 radical (unpaired) electrons. The first kappa shape index (κ1) is 16.1. The third-order valence-electron chi connectivity index (χ3n) is 1.87. The monoisotopic (exact) mass is 309 g/mol. The van der Waals surface area contributed by atoms with E-state index in [1.807, 2.05) is 0 Å². The number of halogens is 4. The summed E-state index contributed by atoms with van der Waals surface area (Å²) in [5, 5.41) is 19.3. The normalized spacial score (nSPS) is 23.5. The Kier molecular flexibility index (Phi) is 7.48. The molecule has 8 heteroatoms. The quantitative estimate of drug-likeness (QED) is 0.409. The van der Waals surface area contributed by atoms with Crippen LogP contribution in [-0.4, -0.2) is 31.2 Å². The largest absolute Gasteiger partial charge is 0.478 e. The van der Waals surface area contributed by atoms with E-state index in [1.54, 1.807) is 0 Å². The second kappa shape index (κ2) is 7.43. The number of carbonyl (C=O) groups is 1. The Hall–Kier alpha value is 0.1000. The fourth-order valence-corrected chi connectivity index (χ4v) is 1.37. The summed E-state index contributed by atoms with van der Waals surface area (Å²) in [5.41, 5.74) is 0.753. The molecule has 0 heterocycles. The van der Waals surface area contributed by atoms with E-state index in [9.17, 15) is 4.79 Å². The molecule has 0 aromatic heterocycles. The highest BCUT2D eigenvalue weighted by molar-refractivity contribution is 6.75. The molecule has 0 aromatic carbocycles. The molecule has 0 spiro atoms. The zero-order valence-corrected chi connectivity index (χ0v) is 11.2. The molecule has 0 saturated heterocycles. The highest BCUT2D eigenvalue weighted by Crippen LogP contribution is 2.25. The van der Waals surface area contributed by atoms with Crippen molar-refractivity contribution in [3.8, 4) is 0 Å². The van der Waals surface area contributed by atoms with E-state index in [0.29, 0.717) is 0 Å². The molecule has 0 bridgehead atoms. The molecule has 1 unspecified atom stereocenters. The first-order chi connectivity index (χ1) is 7.29. The van der Waals surface area contributed by atoms with E-state index in [-0.39, 0.29) is 5.38 Å². The van der Waals surface area contributed by atoms with Crippen LogP contribution in [0.15, 0.2) is 5.16 Å². The van der Waals surface area contributed by atoms with Crippen molar-refractivity contribution in [1.82, 2.24) is 0 Å². The van der Waals surface area contributed by atoms with Gasteiger partial charge in [-0.3, -0.25) is 0 Å². The fraction of sp³-hybridized carbons (Fsp3) is 0.750. The van der Waals surface area contributed by atoms with Crippen molar-refractivity contribution in [3.63, 3.8) is 0 Å². The molecule has 0 aliphatic heterocycles. The van der Waals surface area contributed by atoms with Crippen molar-refractivity contribution in [1.29, 1.82) is 0 Å². The Balaban J connectivity index is 0.000000293. The Morgan fingerprint density at radius 3 is 2.12 bits per heavy atom.